The van der Waals surface area contributed by atoms with E-state index in [2.05, 4.69) is 4.98 Å². The molecule has 0 fully saturated rings. The molecule has 1 atom stereocenters. The van der Waals surface area contributed by atoms with E-state index < -0.39 is 47.4 Å². The highest BCUT2D eigenvalue weighted by molar-refractivity contribution is 6.30. The van der Waals surface area contributed by atoms with Gasteiger partial charge in [0.1, 0.15) is 29.2 Å². The molecule has 1 unspecified atom stereocenters. The number of nitrogens with two attached hydrogens (primary N) is 1. The fourth-order valence-corrected chi connectivity index (χ4v) is 2.51. The Morgan fingerprint density at radius 2 is 2.00 bits per heavy atom. The Morgan fingerprint density at radius 1 is 1.25 bits per heavy atom. The van der Waals surface area contributed by atoms with Crippen LogP contribution >= 0.6 is 11.6 Å². The van der Waals surface area contributed by atoms with Gasteiger partial charge in [0.2, 0.25) is 5.89 Å². The molecule has 0 saturated heterocycles. The maximum atomic E-state index is 14.3. The second kappa shape index (κ2) is 7.91. The van der Waals surface area contributed by atoms with Crippen molar-refractivity contribution in [3.63, 3.8) is 0 Å². The van der Waals surface area contributed by atoms with Gasteiger partial charge in [-0.2, -0.15) is 0 Å². The third kappa shape index (κ3) is 3.80. The number of oxazole rings is 1. The zero-order chi connectivity index (χ0) is 20.4. The number of primary amides is 1. The Bertz CT molecular complexity index is 1040. The number of amides is 1. The molecule has 10 heteroatoms. The minimum atomic E-state index is -1.32. The zero-order valence-corrected chi connectivity index (χ0v) is 14.7. The van der Waals surface area contributed by atoms with Gasteiger partial charge in [0.25, 0.3) is 5.91 Å². The number of aromatic nitrogens is 1. The van der Waals surface area contributed by atoms with Crippen LogP contribution in [0.3, 0.4) is 0 Å². The van der Waals surface area contributed by atoms with Crippen molar-refractivity contribution >= 4 is 17.5 Å². The molecule has 3 N–H and O–H groups in total. The highest BCUT2D eigenvalue weighted by Gasteiger charge is 2.25. The van der Waals surface area contributed by atoms with E-state index in [-0.39, 0.29) is 16.6 Å². The summed E-state index contributed by atoms with van der Waals surface area (Å²) >= 11 is 5.63. The maximum absolute atomic E-state index is 14.3. The Hall–Kier alpha value is -3.04. The third-order valence-corrected chi connectivity index (χ3v) is 4.06. The zero-order valence-electron chi connectivity index (χ0n) is 14.0. The number of aliphatic hydroxyl groups is 1. The summed E-state index contributed by atoms with van der Waals surface area (Å²) in [6, 6.07) is 5.70. The molecule has 2 aromatic carbocycles. The standard InChI is InChI=1S/C18H12ClF3N2O4/c19-9-2-1-8(5-11(9)21)12-7-27-18(24-12)14(6-25)28-13-4-3-10(20)15(16(13)22)17(23)26/h1-5,7,14,25H,6H2,(H2,23,26). The molecule has 0 bridgehead atoms. The SMILES string of the molecule is NC(=O)c1c(F)ccc(OC(CO)c2nc(-c3ccc(Cl)c(F)c3)co2)c1F. The second-order valence-electron chi connectivity index (χ2n) is 5.59. The summed E-state index contributed by atoms with van der Waals surface area (Å²) in [4.78, 5) is 15.3. The monoisotopic (exact) mass is 412 g/mol. The molecule has 0 aliphatic rings. The molecule has 3 aromatic rings. The highest BCUT2D eigenvalue weighted by Crippen LogP contribution is 2.30. The van der Waals surface area contributed by atoms with Crippen LogP contribution in [0.2, 0.25) is 5.02 Å². The van der Waals surface area contributed by atoms with E-state index in [1.165, 1.54) is 18.4 Å². The second-order valence-corrected chi connectivity index (χ2v) is 5.99. The molecule has 0 aliphatic heterocycles. The van der Waals surface area contributed by atoms with Gasteiger partial charge in [-0.05, 0) is 24.3 Å². The molecular formula is C18H12ClF3N2O4. The van der Waals surface area contributed by atoms with Crippen LogP contribution in [0, 0.1) is 17.5 Å². The van der Waals surface area contributed by atoms with Crippen molar-refractivity contribution < 1.29 is 32.2 Å². The average molecular weight is 413 g/mol. The van der Waals surface area contributed by atoms with Gasteiger partial charge in [-0.25, -0.2) is 18.2 Å². The third-order valence-electron chi connectivity index (χ3n) is 3.75. The van der Waals surface area contributed by atoms with Crippen LogP contribution in [-0.4, -0.2) is 22.6 Å². The molecule has 0 aliphatic carbocycles. The number of hydrogen-bond donors (Lipinski definition) is 2. The first-order chi connectivity index (χ1) is 13.3. The Morgan fingerprint density at radius 3 is 2.64 bits per heavy atom. The van der Waals surface area contributed by atoms with Crippen LogP contribution in [0.15, 0.2) is 41.0 Å². The largest absolute Gasteiger partial charge is 0.475 e. The van der Waals surface area contributed by atoms with E-state index >= 15 is 0 Å². The molecule has 0 spiro atoms. The normalized spacial score (nSPS) is 12.0. The minimum absolute atomic E-state index is 0.0684. The van der Waals surface area contributed by atoms with Gasteiger partial charge < -0.3 is 20.0 Å². The number of carbonyl (C=O) groups is 1. The van der Waals surface area contributed by atoms with Crippen molar-refractivity contribution in [1.82, 2.24) is 4.98 Å². The van der Waals surface area contributed by atoms with Crippen molar-refractivity contribution in [2.24, 2.45) is 5.73 Å². The molecule has 3 rings (SSSR count). The summed E-state index contributed by atoms with van der Waals surface area (Å²) in [5, 5.41) is 9.47. The van der Waals surface area contributed by atoms with Gasteiger partial charge in [-0.15, -0.1) is 0 Å². The van der Waals surface area contributed by atoms with Gasteiger partial charge in [-0.3, -0.25) is 4.79 Å². The van der Waals surface area contributed by atoms with Crippen LogP contribution < -0.4 is 10.5 Å². The van der Waals surface area contributed by atoms with Crippen LogP contribution in [0.4, 0.5) is 13.2 Å². The van der Waals surface area contributed by atoms with Crippen LogP contribution in [-0.2, 0) is 0 Å². The number of ether oxygens (including phenoxy) is 1. The topological polar surface area (TPSA) is 98.6 Å². The molecule has 146 valence electrons. The van der Waals surface area contributed by atoms with Gasteiger partial charge in [0.05, 0.1) is 11.6 Å². The van der Waals surface area contributed by atoms with Crippen molar-refractivity contribution in [3.05, 3.63) is 70.5 Å². The van der Waals surface area contributed by atoms with E-state index in [0.29, 0.717) is 5.56 Å². The van der Waals surface area contributed by atoms with Crippen molar-refractivity contribution in [1.29, 1.82) is 0 Å². The highest BCUT2D eigenvalue weighted by atomic mass is 35.5. The lowest BCUT2D eigenvalue weighted by molar-refractivity contribution is 0.0887. The molecule has 28 heavy (non-hydrogen) atoms. The number of aliphatic hydroxyl groups excluding tert-OH is 1. The quantitative estimate of drug-likeness (QED) is 0.644. The molecule has 1 amide bonds. The lowest BCUT2D eigenvalue weighted by Crippen LogP contribution is -2.18. The first-order valence-corrected chi connectivity index (χ1v) is 8.15. The lowest BCUT2D eigenvalue weighted by atomic mass is 10.1. The number of halogens is 4. The number of hydrogen-bond acceptors (Lipinski definition) is 5. The number of carbonyl (C=O) groups excluding carboxylic acids is 1. The van der Waals surface area contributed by atoms with Gasteiger partial charge >= 0.3 is 0 Å². The smallest absolute Gasteiger partial charge is 0.254 e. The van der Waals surface area contributed by atoms with Gasteiger partial charge in [0.15, 0.2) is 17.7 Å². The fraction of sp³-hybridized carbons (Fsp3) is 0.111. The summed E-state index contributed by atoms with van der Waals surface area (Å²) in [6.45, 7) is -0.683. The van der Waals surface area contributed by atoms with Crippen molar-refractivity contribution in [2.75, 3.05) is 6.61 Å². The number of nitrogens with zero attached hydrogens (tertiary/aromatic N) is 1. The summed E-state index contributed by atoms with van der Waals surface area (Å²) < 4.78 is 51.9. The fourth-order valence-electron chi connectivity index (χ4n) is 2.39. The van der Waals surface area contributed by atoms with E-state index in [4.69, 9.17) is 26.5 Å². The molecule has 0 saturated carbocycles. The van der Waals surface area contributed by atoms with E-state index in [0.717, 1.165) is 18.2 Å². The van der Waals surface area contributed by atoms with Crippen LogP contribution in [0.1, 0.15) is 22.4 Å². The first kappa shape index (κ1) is 19.7. The maximum Gasteiger partial charge on any atom is 0.254 e. The van der Waals surface area contributed by atoms with E-state index in [1.54, 1.807) is 0 Å². The summed E-state index contributed by atoms with van der Waals surface area (Å²) in [5.41, 5.74) is 4.54. The predicted octanol–water partition coefficient (Wildman–Crippen LogP) is 3.62. The Balaban J connectivity index is 1.89. The Kier molecular flexibility index (Phi) is 5.57. The van der Waals surface area contributed by atoms with Crippen molar-refractivity contribution in [2.45, 2.75) is 6.10 Å². The molecule has 0 radical (unpaired) electrons. The summed E-state index contributed by atoms with van der Waals surface area (Å²) in [5.74, 6) is -5.14. The summed E-state index contributed by atoms with van der Waals surface area (Å²) in [7, 11) is 0. The number of benzene rings is 2. The van der Waals surface area contributed by atoms with Crippen molar-refractivity contribution in [3.8, 4) is 17.0 Å². The van der Waals surface area contributed by atoms with Gasteiger partial charge in [-0.1, -0.05) is 17.7 Å². The van der Waals surface area contributed by atoms with Crippen LogP contribution in [0.25, 0.3) is 11.3 Å². The lowest BCUT2D eigenvalue weighted by Gasteiger charge is -2.15. The average Bonchev–Trinajstić information content (AvgIpc) is 3.13. The van der Waals surface area contributed by atoms with Gasteiger partial charge in [0, 0.05) is 5.56 Å². The molecule has 1 heterocycles. The molecule has 1 aromatic heterocycles. The molecule has 6 nitrogen and oxygen atoms in total. The number of rotatable bonds is 6. The summed E-state index contributed by atoms with van der Waals surface area (Å²) in [6.07, 6.45) is -0.105. The molecular weight excluding hydrogens is 401 g/mol. The van der Waals surface area contributed by atoms with E-state index in [9.17, 15) is 23.1 Å². The minimum Gasteiger partial charge on any atom is -0.475 e. The predicted molar refractivity (Wildman–Crippen MR) is 92.2 cm³/mol. The van der Waals surface area contributed by atoms with E-state index in [1.807, 2.05) is 0 Å². The Labute approximate surface area is 161 Å². The first-order valence-electron chi connectivity index (χ1n) is 7.78. The van der Waals surface area contributed by atoms with Crippen LogP contribution in [0.5, 0.6) is 5.75 Å².